The third-order valence-electron chi connectivity index (χ3n) is 2.66. The number of nitrogens with zero attached hydrogens (tertiary/aromatic N) is 1. The van der Waals surface area contributed by atoms with E-state index in [0.717, 1.165) is 0 Å². The summed E-state index contributed by atoms with van der Waals surface area (Å²) in [6, 6.07) is 7.25. The second-order valence-corrected chi connectivity index (χ2v) is 4.11. The summed E-state index contributed by atoms with van der Waals surface area (Å²) in [5.41, 5.74) is 3.04. The molecule has 1 aromatic carbocycles. The van der Waals surface area contributed by atoms with Crippen molar-refractivity contribution >= 4 is 17.4 Å². The van der Waals surface area contributed by atoms with E-state index in [2.05, 4.69) is 15.7 Å². The van der Waals surface area contributed by atoms with Crippen molar-refractivity contribution in [2.24, 2.45) is 5.84 Å². The van der Waals surface area contributed by atoms with Gasteiger partial charge in [-0.1, -0.05) is 0 Å². The molecule has 7 heteroatoms. The number of carbonyl (C=O) groups excluding carboxylic acids is 1. The molecule has 1 aromatic heterocycles. The number of hydrazine groups is 1. The van der Waals surface area contributed by atoms with Crippen LogP contribution in [-0.2, 0) is 0 Å². The molecule has 0 unspecified atom stereocenters. The monoisotopic (exact) mass is 290 g/mol. The highest BCUT2D eigenvalue weighted by Crippen LogP contribution is 2.21. The third-order valence-corrected chi connectivity index (χ3v) is 2.66. The van der Waals surface area contributed by atoms with Gasteiger partial charge in [-0.05, 0) is 31.2 Å². The maximum atomic E-state index is 13.7. The highest BCUT2D eigenvalue weighted by atomic mass is 19.1. The average Bonchev–Trinajstić information content (AvgIpc) is 2.50. The first-order valence-corrected chi connectivity index (χ1v) is 6.30. The summed E-state index contributed by atoms with van der Waals surface area (Å²) in [6.07, 6.45) is 1.45. The standard InChI is InChI=1S/C14H15FN4O2/c1-2-21-12-4-3-10(8-11(12)15)18-14(20)9-5-6-17-13(7-9)19-16/h3-8H,2,16H2,1H3,(H,17,19)(H,18,20). The van der Waals surface area contributed by atoms with Crippen molar-refractivity contribution in [2.75, 3.05) is 17.3 Å². The van der Waals surface area contributed by atoms with Crippen molar-refractivity contribution in [3.05, 3.63) is 47.9 Å². The Morgan fingerprint density at radius 1 is 1.38 bits per heavy atom. The predicted molar refractivity (Wildman–Crippen MR) is 77.6 cm³/mol. The maximum Gasteiger partial charge on any atom is 0.255 e. The van der Waals surface area contributed by atoms with Crippen molar-refractivity contribution in [3.63, 3.8) is 0 Å². The highest BCUT2D eigenvalue weighted by molar-refractivity contribution is 6.04. The number of ether oxygens (including phenoxy) is 1. The Morgan fingerprint density at radius 3 is 2.86 bits per heavy atom. The molecule has 0 saturated carbocycles. The first kappa shape index (κ1) is 14.7. The molecule has 4 N–H and O–H groups in total. The van der Waals surface area contributed by atoms with Crippen LogP contribution in [0.5, 0.6) is 5.75 Å². The lowest BCUT2D eigenvalue weighted by Crippen LogP contribution is -2.14. The van der Waals surface area contributed by atoms with Gasteiger partial charge in [0.2, 0.25) is 0 Å². The summed E-state index contributed by atoms with van der Waals surface area (Å²) < 4.78 is 18.8. The molecule has 2 rings (SSSR count). The first-order valence-electron chi connectivity index (χ1n) is 6.30. The molecular formula is C14H15FN4O2. The molecule has 0 atom stereocenters. The molecule has 6 nitrogen and oxygen atoms in total. The van der Waals surface area contributed by atoms with Crippen LogP contribution in [0.3, 0.4) is 0 Å². The number of carbonyl (C=O) groups is 1. The smallest absolute Gasteiger partial charge is 0.255 e. The van der Waals surface area contributed by atoms with Crippen LogP contribution in [0.25, 0.3) is 0 Å². The Bertz CT molecular complexity index is 649. The zero-order valence-corrected chi connectivity index (χ0v) is 11.4. The normalized spacial score (nSPS) is 10.0. The third kappa shape index (κ3) is 3.67. The zero-order valence-electron chi connectivity index (χ0n) is 11.4. The molecule has 0 fully saturated rings. The van der Waals surface area contributed by atoms with Gasteiger partial charge < -0.3 is 15.5 Å². The van der Waals surface area contributed by atoms with Crippen LogP contribution in [0, 0.1) is 5.82 Å². The van der Waals surface area contributed by atoms with E-state index >= 15 is 0 Å². The van der Waals surface area contributed by atoms with Crippen LogP contribution in [0.2, 0.25) is 0 Å². The number of nitrogens with two attached hydrogens (primary N) is 1. The fraction of sp³-hybridized carbons (Fsp3) is 0.143. The summed E-state index contributed by atoms with van der Waals surface area (Å²) in [5, 5.41) is 2.59. The van der Waals surface area contributed by atoms with E-state index < -0.39 is 11.7 Å². The number of benzene rings is 1. The summed E-state index contributed by atoms with van der Waals surface area (Å²) in [7, 11) is 0. The lowest BCUT2D eigenvalue weighted by molar-refractivity contribution is 0.102. The Kier molecular flexibility index (Phi) is 4.68. The number of nitrogen functional groups attached to an aromatic ring is 1. The predicted octanol–water partition coefficient (Wildman–Crippen LogP) is 2.16. The summed E-state index contributed by atoms with van der Waals surface area (Å²) >= 11 is 0. The number of aromatic nitrogens is 1. The molecule has 0 saturated heterocycles. The minimum absolute atomic E-state index is 0.147. The maximum absolute atomic E-state index is 13.7. The number of amides is 1. The number of hydrogen-bond donors (Lipinski definition) is 3. The van der Waals surface area contributed by atoms with Crippen molar-refractivity contribution in [2.45, 2.75) is 6.92 Å². The number of nitrogens with one attached hydrogen (secondary N) is 2. The van der Waals surface area contributed by atoms with Gasteiger partial charge in [0.15, 0.2) is 11.6 Å². The number of halogens is 1. The van der Waals surface area contributed by atoms with Crippen molar-refractivity contribution in [1.82, 2.24) is 4.98 Å². The van der Waals surface area contributed by atoms with E-state index in [1.54, 1.807) is 13.0 Å². The summed E-state index contributed by atoms with van der Waals surface area (Å²) in [5.74, 6) is 4.81. The van der Waals surface area contributed by atoms with Crippen LogP contribution in [0.4, 0.5) is 15.9 Å². The molecule has 2 aromatic rings. The van der Waals surface area contributed by atoms with Crippen LogP contribution in [-0.4, -0.2) is 17.5 Å². The lowest BCUT2D eigenvalue weighted by atomic mass is 10.2. The average molecular weight is 290 g/mol. The second kappa shape index (κ2) is 6.67. The van der Waals surface area contributed by atoms with Crippen molar-refractivity contribution in [1.29, 1.82) is 0 Å². The molecule has 0 aliphatic rings. The Balaban J connectivity index is 2.13. The largest absolute Gasteiger partial charge is 0.491 e. The van der Waals surface area contributed by atoms with Gasteiger partial charge in [0.25, 0.3) is 5.91 Å². The minimum Gasteiger partial charge on any atom is -0.491 e. The zero-order chi connectivity index (χ0) is 15.2. The topological polar surface area (TPSA) is 89.3 Å². The van der Waals surface area contributed by atoms with Gasteiger partial charge in [0.1, 0.15) is 5.82 Å². The molecule has 0 aliphatic carbocycles. The Hall–Kier alpha value is -2.67. The Labute approximate surface area is 121 Å². The fourth-order valence-electron chi connectivity index (χ4n) is 1.71. The van der Waals surface area contributed by atoms with Gasteiger partial charge >= 0.3 is 0 Å². The number of rotatable bonds is 5. The molecule has 1 heterocycles. The molecule has 0 bridgehead atoms. The van der Waals surface area contributed by atoms with Gasteiger partial charge in [-0.15, -0.1) is 0 Å². The van der Waals surface area contributed by atoms with Crippen molar-refractivity contribution < 1.29 is 13.9 Å². The SMILES string of the molecule is CCOc1ccc(NC(=O)c2ccnc(NN)c2)cc1F. The van der Waals surface area contributed by atoms with Crippen LogP contribution in [0.1, 0.15) is 17.3 Å². The van der Waals surface area contributed by atoms with E-state index in [1.165, 1.54) is 30.5 Å². The van der Waals surface area contributed by atoms with Gasteiger partial charge in [-0.3, -0.25) is 4.79 Å². The number of pyridine rings is 1. The van der Waals surface area contributed by atoms with Gasteiger partial charge in [0.05, 0.1) is 6.61 Å². The second-order valence-electron chi connectivity index (χ2n) is 4.11. The molecule has 0 radical (unpaired) electrons. The van der Waals surface area contributed by atoms with Gasteiger partial charge in [-0.2, -0.15) is 0 Å². The van der Waals surface area contributed by atoms with Crippen LogP contribution < -0.4 is 21.3 Å². The fourth-order valence-corrected chi connectivity index (χ4v) is 1.71. The summed E-state index contributed by atoms with van der Waals surface area (Å²) in [6.45, 7) is 2.14. The minimum atomic E-state index is -0.534. The first-order chi connectivity index (χ1) is 10.1. The van der Waals surface area contributed by atoms with E-state index in [9.17, 15) is 9.18 Å². The molecule has 110 valence electrons. The molecule has 0 aliphatic heterocycles. The molecule has 21 heavy (non-hydrogen) atoms. The molecule has 0 spiro atoms. The number of hydrogen-bond acceptors (Lipinski definition) is 5. The van der Waals surface area contributed by atoms with Crippen LogP contribution in [0.15, 0.2) is 36.5 Å². The van der Waals surface area contributed by atoms with Crippen molar-refractivity contribution in [3.8, 4) is 5.75 Å². The van der Waals surface area contributed by atoms with Gasteiger partial charge in [-0.25, -0.2) is 15.2 Å². The summed E-state index contributed by atoms with van der Waals surface area (Å²) in [4.78, 5) is 15.9. The number of anilines is 2. The Morgan fingerprint density at radius 2 is 2.19 bits per heavy atom. The highest BCUT2D eigenvalue weighted by Gasteiger charge is 2.09. The van der Waals surface area contributed by atoms with E-state index in [-0.39, 0.29) is 5.75 Å². The molecule has 1 amide bonds. The lowest BCUT2D eigenvalue weighted by Gasteiger charge is -2.09. The molecular weight excluding hydrogens is 275 g/mol. The quantitative estimate of drug-likeness (QED) is 0.580. The van der Waals surface area contributed by atoms with E-state index in [0.29, 0.717) is 23.7 Å². The van der Waals surface area contributed by atoms with Crippen LogP contribution >= 0.6 is 0 Å². The van der Waals surface area contributed by atoms with E-state index in [1.807, 2.05) is 0 Å². The van der Waals surface area contributed by atoms with E-state index in [4.69, 9.17) is 10.6 Å². The van der Waals surface area contributed by atoms with Gasteiger partial charge in [0, 0.05) is 23.5 Å².